The van der Waals surface area contributed by atoms with E-state index < -0.39 is 17.2 Å². The Labute approximate surface area is 172 Å². The van der Waals surface area contributed by atoms with Crippen LogP contribution in [0.4, 0.5) is 0 Å². The molecule has 3 rings (SSSR count). The molecule has 0 aliphatic carbocycles. The molecule has 1 heterocycles. The Hall–Kier alpha value is -2.76. The number of aromatic hydroxyl groups is 1. The van der Waals surface area contributed by atoms with Crippen molar-refractivity contribution >= 4 is 29.1 Å². The average molecular weight is 417 g/mol. The van der Waals surface area contributed by atoms with Crippen LogP contribution in [-0.2, 0) is 6.42 Å². The Bertz CT molecular complexity index is 1050. The lowest BCUT2D eigenvalue weighted by Crippen LogP contribution is -2.28. The van der Waals surface area contributed by atoms with Crippen molar-refractivity contribution in [3.63, 3.8) is 0 Å². The topological polar surface area (TPSA) is 71.3 Å². The molecule has 1 aromatic heterocycles. The molecule has 0 aliphatic rings. The molecular weight excluding hydrogens is 399 g/mol. The average Bonchev–Trinajstić information content (AvgIpc) is 2.70. The summed E-state index contributed by atoms with van der Waals surface area (Å²) in [6.45, 7) is 0.389. The minimum Gasteiger partial charge on any atom is -0.502 e. The molecule has 144 valence electrons. The van der Waals surface area contributed by atoms with Crippen molar-refractivity contribution in [1.29, 1.82) is 0 Å². The lowest BCUT2D eigenvalue weighted by atomic mass is 10.1. The minimum absolute atomic E-state index is 0.0493. The van der Waals surface area contributed by atoms with E-state index in [1.807, 2.05) is 12.1 Å². The zero-order valence-electron chi connectivity index (χ0n) is 14.9. The van der Waals surface area contributed by atoms with Gasteiger partial charge in [-0.3, -0.25) is 14.2 Å². The number of benzene rings is 2. The van der Waals surface area contributed by atoms with E-state index in [0.29, 0.717) is 35.1 Å². The van der Waals surface area contributed by atoms with Crippen LogP contribution in [0.1, 0.15) is 22.3 Å². The smallest absolute Gasteiger partial charge is 0.298 e. The van der Waals surface area contributed by atoms with E-state index in [9.17, 15) is 14.7 Å². The molecule has 0 atom stereocenters. The van der Waals surface area contributed by atoms with Gasteiger partial charge in [0, 0.05) is 18.4 Å². The molecule has 5 nitrogen and oxygen atoms in total. The molecule has 0 radical (unpaired) electrons. The van der Waals surface area contributed by atoms with Crippen LogP contribution in [-0.4, -0.2) is 22.1 Å². The van der Waals surface area contributed by atoms with E-state index in [1.54, 1.807) is 36.4 Å². The van der Waals surface area contributed by atoms with Crippen molar-refractivity contribution < 1.29 is 9.90 Å². The Morgan fingerprint density at radius 3 is 2.50 bits per heavy atom. The van der Waals surface area contributed by atoms with E-state index in [4.69, 9.17) is 23.2 Å². The standard InChI is InChI=1S/C21H18Cl2N2O3/c22-17-9-8-14(13-18(17)23)5-4-11-24-20(27)16-10-12-25(21(28)19(16)26)15-6-2-1-3-7-15/h1-3,6-10,12-13,26H,4-5,11H2,(H,24,27). The van der Waals surface area contributed by atoms with Gasteiger partial charge in [0.05, 0.1) is 15.6 Å². The molecule has 0 aliphatic heterocycles. The Morgan fingerprint density at radius 1 is 1.04 bits per heavy atom. The summed E-state index contributed by atoms with van der Waals surface area (Å²) in [6, 6.07) is 15.7. The second kappa shape index (κ2) is 8.95. The maximum atomic E-state index is 12.4. The van der Waals surface area contributed by atoms with E-state index in [1.165, 1.54) is 16.8 Å². The first-order chi connectivity index (χ1) is 13.5. The third-order valence-corrected chi connectivity index (χ3v) is 5.00. The predicted octanol–water partition coefficient (Wildman–Crippen LogP) is 4.21. The highest BCUT2D eigenvalue weighted by molar-refractivity contribution is 6.42. The number of hydrogen-bond acceptors (Lipinski definition) is 3. The highest BCUT2D eigenvalue weighted by atomic mass is 35.5. The summed E-state index contributed by atoms with van der Waals surface area (Å²) in [5, 5.41) is 13.9. The van der Waals surface area contributed by atoms with Gasteiger partial charge in [-0.15, -0.1) is 0 Å². The van der Waals surface area contributed by atoms with E-state index in [0.717, 1.165) is 5.56 Å². The highest BCUT2D eigenvalue weighted by Gasteiger charge is 2.16. The zero-order valence-corrected chi connectivity index (χ0v) is 16.4. The van der Waals surface area contributed by atoms with E-state index >= 15 is 0 Å². The number of nitrogens with one attached hydrogen (secondary N) is 1. The van der Waals surface area contributed by atoms with Crippen molar-refractivity contribution in [3.05, 3.63) is 92.3 Å². The largest absolute Gasteiger partial charge is 0.502 e. The number of rotatable bonds is 6. The number of para-hydroxylation sites is 1. The fourth-order valence-corrected chi connectivity index (χ4v) is 3.11. The van der Waals surface area contributed by atoms with Crippen molar-refractivity contribution in [2.45, 2.75) is 12.8 Å². The number of carbonyl (C=O) groups is 1. The second-order valence-electron chi connectivity index (χ2n) is 6.20. The van der Waals surface area contributed by atoms with E-state index in [2.05, 4.69) is 5.32 Å². The number of nitrogens with zero attached hydrogens (tertiary/aromatic N) is 1. The Balaban J connectivity index is 1.62. The minimum atomic E-state index is -0.644. The van der Waals surface area contributed by atoms with Gasteiger partial charge in [-0.05, 0) is 48.7 Å². The summed E-state index contributed by atoms with van der Waals surface area (Å²) < 4.78 is 1.29. The van der Waals surface area contributed by atoms with Gasteiger partial charge < -0.3 is 10.4 Å². The molecule has 28 heavy (non-hydrogen) atoms. The second-order valence-corrected chi connectivity index (χ2v) is 7.01. The number of halogens is 2. The van der Waals surface area contributed by atoms with Gasteiger partial charge in [-0.25, -0.2) is 0 Å². The Kier molecular flexibility index (Phi) is 6.39. The van der Waals surface area contributed by atoms with Crippen molar-refractivity contribution in [2.24, 2.45) is 0 Å². The summed E-state index contributed by atoms with van der Waals surface area (Å²) in [6.07, 6.45) is 2.85. The molecular formula is C21H18Cl2N2O3. The lowest BCUT2D eigenvalue weighted by Gasteiger charge is -2.10. The van der Waals surface area contributed by atoms with Gasteiger partial charge in [0.2, 0.25) is 0 Å². The van der Waals surface area contributed by atoms with Gasteiger partial charge in [-0.2, -0.15) is 0 Å². The van der Waals surface area contributed by atoms with E-state index in [-0.39, 0.29) is 5.56 Å². The maximum absolute atomic E-state index is 12.4. The van der Waals surface area contributed by atoms with Crippen LogP contribution < -0.4 is 10.9 Å². The van der Waals surface area contributed by atoms with Gasteiger partial charge >= 0.3 is 0 Å². The molecule has 2 aromatic carbocycles. The lowest BCUT2D eigenvalue weighted by molar-refractivity contribution is 0.0950. The van der Waals surface area contributed by atoms with Crippen molar-refractivity contribution in [2.75, 3.05) is 6.54 Å². The fraction of sp³-hybridized carbons (Fsp3) is 0.143. The van der Waals surface area contributed by atoms with Crippen LogP contribution in [0, 0.1) is 0 Å². The summed E-state index contributed by atoms with van der Waals surface area (Å²) in [7, 11) is 0. The first-order valence-corrected chi connectivity index (χ1v) is 9.45. The number of hydrogen-bond donors (Lipinski definition) is 2. The zero-order chi connectivity index (χ0) is 20.1. The van der Waals surface area contributed by atoms with Gasteiger partial charge in [-0.1, -0.05) is 47.5 Å². The molecule has 0 bridgehead atoms. The third-order valence-electron chi connectivity index (χ3n) is 4.26. The molecule has 0 fully saturated rings. The van der Waals surface area contributed by atoms with Gasteiger partial charge in [0.1, 0.15) is 0 Å². The number of pyridine rings is 1. The molecule has 0 spiro atoms. The molecule has 2 N–H and O–H groups in total. The summed E-state index contributed by atoms with van der Waals surface area (Å²) in [5.41, 5.74) is 0.926. The number of aromatic nitrogens is 1. The molecule has 0 unspecified atom stereocenters. The first-order valence-electron chi connectivity index (χ1n) is 8.69. The molecule has 1 amide bonds. The van der Waals surface area contributed by atoms with Crippen LogP contribution >= 0.6 is 23.2 Å². The molecule has 3 aromatic rings. The highest BCUT2D eigenvalue weighted by Crippen LogP contribution is 2.23. The number of aryl methyl sites for hydroxylation is 1. The maximum Gasteiger partial charge on any atom is 0.298 e. The van der Waals surface area contributed by atoms with Crippen LogP contribution in [0.15, 0.2) is 65.6 Å². The van der Waals surface area contributed by atoms with Crippen LogP contribution in [0.3, 0.4) is 0 Å². The van der Waals surface area contributed by atoms with Crippen LogP contribution in [0.25, 0.3) is 5.69 Å². The Morgan fingerprint density at radius 2 is 1.79 bits per heavy atom. The molecule has 7 heteroatoms. The van der Waals surface area contributed by atoms with Crippen molar-refractivity contribution in [1.82, 2.24) is 9.88 Å². The normalized spacial score (nSPS) is 10.6. The van der Waals surface area contributed by atoms with Gasteiger partial charge in [0.25, 0.3) is 11.5 Å². The summed E-state index contributed by atoms with van der Waals surface area (Å²) >= 11 is 11.9. The predicted molar refractivity (Wildman–Crippen MR) is 111 cm³/mol. The number of carbonyl (C=O) groups excluding carboxylic acids is 1. The van der Waals surface area contributed by atoms with Crippen LogP contribution in [0.2, 0.25) is 10.0 Å². The molecule has 0 saturated carbocycles. The number of amides is 1. The van der Waals surface area contributed by atoms with Crippen molar-refractivity contribution in [3.8, 4) is 11.4 Å². The quantitative estimate of drug-likeness (QED) is 0.591. The fourth-order valence-electron chi connectivity index (χ4n) is 2.78. The SMILES string of the molecule is O=C(NCCCc1ccc(Cl)c(Cl)c1)c1ccn(-c2ccccc2)c(=O)c1O. The van der Waals surface area contributed by atoms with Gasteiger partial charge in [0.15, 0.2) is 5.75 Å². The summed E-state index contributed by atoms with van der Waals surface area (Å²) in [5.74, 6) is -1.07. The molecule has 0 saturated heterocycles. The summed E-state index contributed by atoms with van der Waals surface area (Å²) in [4.78, 5) is 24.7. The monoisotopic (exact) mass is 416 g/mol. The first kappa shape index (κ1) is 20.0. The van der Waals surface area contributed by atoms with Crippen LogP contribution in [0.5, 0.6) is 5.75 Å². The third kappa shape index (κ3) is 4.55.